The number of rotatable bonds is 5. The van der Waals surface area contributed by atoms with Crippen LogP contribution in [0.15, 0.2) is 46.2 Å². The first-order chi connectivity index (χ1) is 12.1. The second kappa shape index (κ2) is 7.23. The molecule has 0 bridgehead atoms. The first kappa shape index (κ1) is 16.8. The van der Waals surface area contributed by atoms with Crippen LogP contribution in [-0.4, -0.2) is 26.1 Å². The van der Waals surface area contributed by atoms with Gasteiger partial charge in [-0.3, -0.25) is 4.79 Å². The van der Waals surface area contributed by atoms with Crippen molar-refractivity contribution in [1.29, 1.82) is 0 Å². The quantitative estimate of drug-likeness (QED) is 0.553. The zero-order chi connectivity index (χ0) is 17.8. The van der Waals surface area contributed by atoms with E-state index in [2.05, 4.69) is 10.1 Å². The molecule has 7 heteroatoms. The van der Waals surface area contributed by atoms with Crippen LogP contribution in [0.2, 0.25) is 0 Å². The van der Waals surface area contributed by atoms with Gasteiger partial charge in [-0.1, -0.05) is 12.1 Å². The summed E-state index contributed by atoms with van der Waals surface area (Å²) in [5.74, 6) is 0.283. The molecule has 3 rings (SSSR count). The summed E-state index contributed by atoms with van der Waals surface area (Å²) in [6.07, 6.45) is 2.89. The number of ether oxygens (including phenoxy) is 2. The molecular formula is C18H15NO5S. The van der Waals surface area contributed by atoms with E-state index in [9.17, 15) is 9.59 Å². The number of hydrogen-bond acceptors (Lipinski definition) is 6. The highest BCUT2D eigenvalue weighted by molar-refractivity contribution is 7.12. The minimum absolute atomic E-state index is 0.345. The smallest absolute Gasteiger partial charge is 0.350 e. The molecule has 0 saturated heterocycles. The molecule has 0 unspecified atom stereocenters. The van der Waals surface area contributed by atoms with Gasteiger partial charge in [0.05, 0.1) is 19.9 Å². The molecule has 25 heavy (non-hydrogen) atoms. The van der Waals surface area contributed by atoms with E-state index < -0.39 is 5.97 Å². The number of esters is 1. The summed E-state index contributed by atoms with van der Waals surface area (Å²) in [4.78, 5) is 24.0. The number of amides is 1. The van der Waals surface area contributed by atoms with Gasteiger partial charge in [-0.2, -0.15) is 0 Å². The average Bonchev–Trinajstić information content (AvgIpc) is 3.25. The summed E-state index contributed by atoms with van der Waals surface area (Å²) in [5, 5.41) is 5.24. The van der Waals surface area contributed by atoms with Gasteiger partial charge in [0, 0.05) is 11.5 Å². The van der Waals surface area contributed by atoms with Crippen molar-refractivity contribution >= 4 is 45.9 Å². The molecule has 0 aliphatic heterocycles. The number of carbonyl (C=O) groups is 2. The second-order valence-electron chi connectivity index (χ2n) is 5.00. The number of fused-ring (bicyclic) bond motifs is 1. The number of thiophene rings is 1. The van der Waals surface area contributed by atoms with E-state index in [1.54, 1.807) is 30.7 Å². The van der Waals surface area contributed by atoms with Gasteiger partial charge < -0.3 is 19.2 Å². The molecule has 6 nitrogen and oxygen atoms in total. The first-order valence-corrected chi connectivity index (χ1v) is 8.21. The van der Waals surface area contributed by atoms with Crippen molar-refractivity contribution in [2.75, 3.05) is 19.5 Å². The summed E-state index contributed by atoms with van der Waals surface area (Å²) in [7, 11) is 2.86. The van der Waals surface area contributed by atoms with Gasteiger partial charge in [0.1, 0.15) is 10.6 Å². The minimum Gasteiger partial charge on any atom is -0.493 e. The number of hydrogen-bond donors (Lipinski definition) is 1. The Labute approximate surface area is 147 Å². The Hall–Kier alpha value is -3.06. The lowest BCUT2D eigenvalue weighted by molar-refractivity contribution is -0.111. The number of furan rings is 1. The molecule has 0 aliphatic rings. The molecule has 0 saturated carbocycles. The predicted octanol–water partition coefficient (Wildman–Crippen LogP) is 3.94. The Morgan fingerprint density at radius 1 is 1.24 bits per heavy atom. The van der Waals surface area contributed by atoms with Crippen molar-refractivity contribution in [2.45, 2.75) is 0 Å². The van der Waals surface area contributed by atoms with Crippen molar-refractivity contribution in [3.63, 3.8) is 0 Å². The molecular weight excluding hydrogens is 342 g/mol. The fourth-order valence-corrected chi connectivity index (χ4v) is 3.06. The largest absolute Gasteiger partial charge is 0.493 e. The molecule has 0 fully saturated rings. The highest BCUT2D eigenvalue weighted by Crippen LogP contribution is 2.29. The third-order valence-electron chi connectivity index (χ3n) is 3.44. The molecule has 0 aliphatic carbocycles. The molecule has 0 radical (unpaired) electrons. The number of nitrogens with one attached hydrogen (secondary N) is 1. The van der Waals surface area contributed by atoms with E-state index in [4.69, 9.17) is 9.15 Å². The van der Waals surface area contributed by atoms with Crippen LogP contribution < -0.4 is 10.1 Å². The second-order valence-corrected chi connectivity index (χ2v) is 5.92. The SMILES string of the molecule is COC(=O)c1sccc1NC(=O)C=Cc1cc2cccc(OC)c2o1. The van der Waals surface area contributed by atoms with E-state index in [0.717, 1.165) is 5.39 Å². The van der Waals surface area contributed by atoms with Crippen LogP contribution >= 0.6 is 11.3 Å². The lowest BCUT2D eigenvalue weighted by Gasteiger charge is -2.02. The number of benzene rings is 1. The van der Waals surface area contributed by atoms with Gasteiger partial charge in [-0.15, -0.1) is 11.3 Å². The predicted molar refractivity (Wildman–Crippen MR) is 96.1 cm³/mol. The van der Waals surface area contributed by atoms with Crippen LogP contribution in [0.1, 0.15) is 15.4 Å². The Morgan fingerprint density at radius 3 is 2.84 bits per heavy atom. The third-order valence-corrected chi connectivity index (χ3v) is 4.33. The summed E-state index contributed by atoms with van der Waals surface area (Å²) < 4.78 is 15.6. The molecule has 0 atom stereocenters. The van der Waals surface area contributed by atoms with Crippen molar-refractivity contribution in [1.82, 2.24) is 0 Å². The maximum atomic E-state index is 12.1. The summed E-state index contributed by atoms with van der Waals surface area (Å²) in [5.41, 5.74) is 1.04. The molecule has 1 N–H and O–H groups in total. The normalized spacial score (nSPS) is 11.0. The Bertz CT molecular complexity index is 953. The average molecular weight is 357 g/mol. The van der Waals surface area contributed by atoms with E-state index in [1.165, 1.54) is 24.5 Å². The Morgan fingerprint density at radius 2 is 2.08 bits per heavy atom. The lowest BCUT2D eigenvalue weighted by atomic mass is 10.2. The van der Waals surface area contributed by atoms with Gasteiger partial charge in [-0.05, 0) is 29.7 Å². The van der Waals surface area contributed by atoms with Crippen molar-refractivity contribution in [2.24, 2.45) is 0 Å². The zero-order valence-corrected chi connectivity index (χ0v) is 14.4. The Kier molecular flexibility index (Phi) is 4.85. The van der Waals surface area contributed by atoms with E-state index in [0.29, 0.717) is 27.7 Å². The first-order valence-electron chi connectivity index (χ1n) is 7.34. The number of para-hydroxylation sites is 1. The maximum absolute atomic E-state index is 12.1. The standard InChI is InChI=1S/C18H15NO5S/c1-22-14-5-3-4-11-10-12(24-16(11)14)6-7-15(20)19-13-8-9-25-17(13)18(21)23-2/h3-10H,1-2H3,(H,19,20). The van der Waals surface area contributed by atoms with Crippen molar-refractivity contribution < 1.29 is 23.5 Å². The van der Waals surface area contributed by atoms with Crippen LogP contribution in [0, 0.1) is 0 Å². The molecule has 2 aromatic heterocycles. The zero-order valence-electron chi connectivity index (χ0n) is 13.6. The van der Waals surface area contributed by atoms with Gasteiger partial charge in [0.15, 0.2) is 11.3 Å². The molecule has 0 spiro atoms. The molecule has 3 aromatic rings. The fourth-order valence-electron chi connectivity index (χ4n) is 2.29. The van der Waals surface area contributed by atoms with Gasteiger partial charge in [0.25, 0.3) is 0 Å². The third kappa shape index (κ3) is 3.56. The number of methoxy groups -OCH3 is 2. The lowest BCUT2D eigenvalue weighted by Crippen LogP contribution is -2.10. The van der Waals surface area contributed by atoms with Gasteiger partial charge >= 0.3 is 5.97 Å². The molecule has 1 aromatic carbocycles. The Balaban J connectivity index is 1.75. The van der Waals surface area contributed by atoms with E-state index >= 15 is 0 Å². The number of anilines is 1. The summed E-state index contributed by atoms with van der Waals surface area (Å²) >= 11 is 1.20. The van der Waals surface area contributed by atoms with Crippen molar-refractivity contribution in [3.8, 4) is 5.75 Å². The number of carbonyl (C=O) groups excluding carboxylic acids is 2. The van der Waals surface area contributed by atoms with E-state index in [1.807, 2.05) is 18.2 Å². The molecule has 128 valence electrons. The van der Waals surface area contributed by atoms with Crippen LogP contribution in [0.3, 0.4) is 0 Å². The van der Waals surface area contributed by atoms with Crippen molar-refractivity contribution in [3.05, 3.63) is 52.4 Å². The van der Waals surface area contributed by atoms with Crippen LogP contribution in [-0.2, 0) is 9.53 Å². The van der Waals surface area contributed by atoms with E-state index in [-0.39, 0.29) is 5.91 Å². The topological polar surface area (TPSA) is 77.8 Å². The molecule has 2 heterocycles. The van der Waals surface area contributed by atoms with Gasteiger partial charge in [0.2, 0.25) is 5.91 Å². The minimum atomic E-state index is -0.487. The van der Waals surface area contributed by atoms with Crippen LogP contribution in [0.4, 0.5) is 5.69 Å². The summed E-state index contributed by atoms with van der Waals surface area (Å²) in [6, 6.07) is 9.02. The monoisotopic (exact) mass is 357 g/mol. The van der Waals surface area contributed by atoms with Crippen LogP contribution in [0.5, 0.6) is 5.75 Å². The van der Waals surface area contributed by atoms with Crippen LogP contribution in [0.25, 0.3) is 17.0 Å². The maximum Gasteiger partial charge on any atom is 0.350 e. The molecule has 1 amide bonds. The highest BCUT2D eigenvalue weighted by atomic mass is 32.1. The van der Waals surface area contributed by atoms with Gasteiger partial charge in [-0.25, -0.2) is 4.79 Å². The fraction of sp³-hybridized carbons (Fsp3) is 0.111. The highest BCUT2D eigenvalue weighted by Gasteiger charge is 2.14. The summed E-state index contributed by atoms with van der Waals surface area (Å²) in [6.45, 7) is 0.